The molecular formula is C23H34IN. The van der Waals surface area contributed by atoms with E-state index in [9.17, 15) is 0 Å². The summed E-state index contributed by atoms with van der Waals surface area (Å²) in [4.78, 5) is 0. The summed E-state index contributed by atoms with van der Waals surface area (Å²) < 4.78 is 1.21. The van der Waals surface area contributed by atoms with E-state index < -0.39 is 0 Å². The van der Waals surface area contributed by atoms with Gasteiger partial charge in [0.05, 0.1) is 25.7 Å². The van der Waals surface area contributed by atoms with Crippen LogP contribution in [0.15, 0.2) is 30.3 Å². The van der Waals surface area contributed by atoms with Crippen LogP contribution in [-0.4, -0.2) is 30.2 Å². The van der Waals surface area contributed by atoms with Gasteiger partial charge in [0.25, 0.3) is 0 Å². The lowest BCUT2D eigenvalue weighted by molar-refractivity contribution is -0.944. The fraction of sp³-hybridized carbons (Fsp3) is 0.565. The Bertz CT molecular complexity index is 696. The maximum absolute atomic E-state index is 2.47. The normalized spacial score (nSPS) is 17.1. The topological polar surface area (TPSA) is 0 Å². The predicted octanol–water partition coefficient (Wildman–Crippen LogP) is 2.79. The van der Waals surface area contributed by atoms with Crippen molar-refractivity contribution in [1.82, 2.24) is 0 Å². The van der Waals surface area contributed by atoms with Crippen molar-refractivity contribution in [2.75, 3.05) is 20.1 Å². The van der Waals surface area contributed by atoms with Crippen LogP contribution in [0.3, 0.4) is 0 Å². The van der Waals surface area contributed by atoms with E-state index in [2.05, 4.69) is 72.0 Å². The average Bonchev–Trinajstić information content (AvgIpc) is 3.05. The number of rotatable bonds is 4. The fourth-order valence-corrected chi connectivity index (χ4v) is 4.38. The van der Waals surface area contributed by atoms with Crippen molar-refractivity contribution in [3.05, 3.63) is 47.0 Å². The Hall–Kier alpha value is -0.610. The van der Waals surface area contributed by atoms with E-state index in [0.717, 1.165) is 6.42 Å². The highest BCUT2D eigenvalue weighted by Crippen LogP contribution is 2.37. The van der Waals surface area contributed by atoms with Gasteiger partial charge in [-0.15, -0.1) is 0 Å². The maximum atomic E-state index is 2.47. The Morgan fingerprint density at radius 1 is 1.00 bits per heavy atom. The van der Waals surface area contributed by atoms with E-state index in [1.165, 1.54) is 58.2 Å². The van der Waals surface area contributed by atoms with Crippen LogP contribution in [-0.2, 0) is 6.42 Å². The minimum absolute atomic E-state index is 0. The number of aryl methyl sites for hydroxylation is 1. The van der Waals surface area contributed by atoms with Gasteiger partial charge in [-0.2, -0.15) is 0 Å². The molecule has 0 radical (unpaired) electrons. The molecular weight excluding hydrogens is 417 g/mol. The molecule has 3 aliphatic rings. The second-order valence-corrected chi connectivity index (χ2v) is 9.04. The van der Waals surface area contributed by atoms with Gasteiger partial charge in [-0.1, -0.05) is 44.2 Å². The zero-order chi connectivity index (χ0) is 17.5. The van der Waals surface area contributed by atoms with Gasteiger partial charge in [0.2, 0.25) is 0 Å². The van der Waals surface area contributed by atoms with E-state index in [1.54, 1.807) is 0 Å². The molecule has 0 amide bonds. The minimum atomic E-state index is 0. The molecule has 1 aliphatic heterocycles. The summed E-state index contributed by atoms with van der Waals surface area (Å²) in [5, 5.41) is 0. The number of nitrogens with zero attached hydrogens (tertiary/aromatic N) is 1. The lowest BCUT2D eigenvalue weighted by Crippen LogP contribution is -3.00. The molecule has 0 spiro atoms. The van der Waals surface area contributed by atoms with Gasteiger partial charge in [-0.25, -0.2) is 0 Å². The second-order valence-electron chi connectivity index (χ2n) is 9.04. The van der Waals surface area contributed by atoms with Crippen molar-refractivity contribution in [3.63, 3.8) is 0 Å². The molecule has 2 heteroatoms. The highest BCUT2D eigenvalue weighted by atomic mass is 127. The van der Waals surface area contributed by atoms with E-state index in [-0.39, 0.29) is 29.5 Å². The summed E-state index contributed by atoms with van der Waals surface area (Å²) in [7, 11) is 2.46. The Balaban J connectivity index is 0.00000225. The summed E-state index contributed by atoms with van der Waals surface area (Å²) in [5.74, 6) is 0.568. The van der Waals surface area contributed by atoms with Gasteiger partial charge in [-0.3, -0.25) is 0 Å². The molecule has 25 heavy (non-hydrogen) atoms. The Kier molecular flexibility index (Phi) is 6.26. The van der Waals surface area contributed by atoms with Gasteiger partial charge < -0.3 is 28.5 Å². The highest BCUT2D eigenvalue weighted by Gasteiger charge is 2.42. The lowest BCUT2D eigenvalue weighted by Gasteiger charge is -2.45. The first-order valence-electron chi connectivity index (χ1n) is 9.60. The van der Waals surface area contributed by atoms with E-state index >= 15 is 0 Å². The van der Waals surface area contributed by atoms with Crippen LogP contribution >= 0.6 is 0 Å². The molecule has 0 bridgehead atoms. The number of halogens is 1. The maximum Gasteiger partial charge on any atom is 0.0974 e. The summed E-state index contributed by atoms with van der Waals surface area (Å²) in [6.07, 6.45) is 3.91. The third-order valence-corrected chi connectivity index (χ3v) is 6.65. The number of likely N-dealkylation sites (tertiary alicyclic amines) is 1. The molecule has 0 N–H and O–H groups in total. The van der Waals surface area contributed by atoms with Crippen molar-refractivity contribution >= 4 is 0 Å². The van der Waals surface area contributed by atoms with Gasteiger partial charge in [0.15, 0.2) is 0 Å². The summed E-state index contributed by atoms with van der Waals surface area (Å²) in [6.45, 7) is 14.4. The quantitative estimate of drug-likeness (QED) is 0.496. The van der Waals surface area contributed by atoms with Crippen molar-refractivity contribution in [1.29, 1.82) is 0 Å². The van der Waals surface area contributed by atoms with Gasteiger partial charge in [0, 0.05) is 19.3 Å². The first-order chi connectivity index (χ1) is 11.2. The molecule has 0 aromatic carbocycles. The molecule has 1 nitrogen and oxygen atoms in total. The first-order valence-corrected chi connectivity index (χ1v) is 9.60. The molecule has 0 atom stereocenters. The summed E-state index contributed by atoms with van der Waals surface area (Å²) in [5.41, 5.74) is 7.54. The largest absolute Gasteiger partial charge is 1.00 e. The zero-order valence-electron chi connectivity index (χ0n) is 16.8. The molecule has 0 aromatic heterocycles. The molecule has 2 aliphatic carbocycles. The molecule has 0 unspecified atom stereocenters. The van der Waals surface area contributed by atoms with Crippen LogP contribution in [0, 0.1) is 6.92 Å². The Morgan fingerprint density at radius 3 is 2.24 bits per heavy atom. The third kappa shape index (κ3) is 3.90. The van der Waals surface area contributed by atoms with Crippen molar-refractivity contribution < 1.29 is 28.5 Å². The number of likely N-dealkylation sites (N-methyl/N-ethyl adjacent to an activating group) is 1. The van der Waals surface area contributed by atoms with Crippen molar-refractivity contribution in [2.45, 2.75) is 65.3 Å². The van der Waals surface area contributed by atoms with Crippen molar-refractivity contribution in [3.8, 4) is 11.1 Å². The molecule has 1 saturated heterocycles. The van der Waals surface area contributed by atoms with Crippen LogP contribution in [0.4, 0.5) is 0 Å². The lowest BCUT2D eigenvalue weighted by atomic mass is 9.89. The van der Waals surface area contributed by atoms with E-state index in [0.29, 0.717) is 5.92 Å². The molecule has 3 rings (SSSR count). The second kappa shape index (κ2) is 7.56. The minimum Gasteiger partial charge on any atom is -1.00 e. The van der Waals surface area contributed by atoms with Crippen LogP contribution in [0.25, 0.3) is 11.1 Å². The molecule has 1 heterocycles. The van der Waals surface area contributed by atoms with Gasteiger partial charge in [0.1, 0.15) is 0 Å². The molecule has 0 saturated carbocycles. The Labute approximate surface area is 171 Å². The summed E-state index contributed by atoms with van der Waals surface area (Å²) >= 11 is 0. The molecule has 138 valence electrons. The monoisotopic (exact) mass is 451 g/mol. The zero-order valence-corrected chi connectivity index (χ0v) is 19.0. The fourth-order valence-electron chi connectivity index (χ4n) is 4.38. The number of quaternary nitrogens is 1. The first kappa shape index (κ1) is 20.7. The van der Waals surface area contributed by atoms with Crippen LogP contribution in [0.2, 0.25) is 0 Å². The third-order valence-electron chi connectivity index (χ3n) is 6.65. The standard InChI is InChI=1S/C23H34N.HI/c1-17(2)19-10-11-20(21-12-9-18(3)22(21)15-19)16-23(4,5)24(6)13-7-8-14-24;/h9-12,15,17H,7-8,13-14,16H2,1-6H3;1H/q+1;/p-1. The Morgan fingerprint density at radius 2 is 1.64 bits per heavy atom. The highest BCUT2D eigenvalue weighted by molar-refractivity contribution is 5.74. The number of hydrogen-bond acceptors (Lipinski definition) is 0. The van der Waals surface area contributed by atoms with Crippen molar-refractivity contribution in [2.24, 2.45) is 0 Å². The number of hydrogen-bond donors (Lipinski definition) is 0. The average molecular weight is 451 g/mol. The smallest absolute Gasteiger partial charge is 0.0974 e. The number of fused-ring (bicyclic) bond motifs is 1. The van der Waals surface area contributed by atoms with Crippen LogP contribution < -0.4 is 24.0 Å². The predicted molar refractivity (Wildman–Crippen MR) is 105 cm³/mol. The van der Waals surface area contributed by atoms with Crippen LogP contribution in [0.5, 0.6) is 0 Å². The van der Waals surface area contributed by atoms with E-state index in [1.807, 2.05) is 0 Å². The van der Waals surface area contributed by atoms with Gasteiger partial charge in [-0.05, 0) is 54.5 Å². The summed E-state index contributed by atoms with van der Waals surface area (Å²) in [6, 6.07) is 11.8. The van der Waals surface area contributed by atoms with Gasteiger partial charge >= 0.3 is 0 Å². The van der Waals surface area contributed by atoms with Crippen LogP contribution in [0.1, 0.15) is 63.1 Å². The molecule has 1 fully saturated rings. The SMILES string of the molecule is Cc1ccc2c(CC(C)(C)[N+]3(C)CCCC3)ccc(C(C)C)cc1-2.[I-]. The van der Waals surface area contributed by atoms with E-state index in [4.69, 9.17) is 0 Å². The molecule has 0 aromatic rings.